The monoisotopic (exact) mass is 359 g/mol. The van der Waals surface area contributed by atoms with E-state index in [0.29, 0.717) is 11.5 Å². The molecule has 0 aromatic heterocycles. The molecule has 26 heavy (non-hydrogen) atoms. The molecule has 0 saturated carbocycles. The molecule has 1 aliphatic rings. The fourth-order valence-corrected chi connectivity index (χ4v) is 4.62. The molecule has 2 nitrogen and oxygen atoms in total. The summed E-state index contributed by atoms with van der Waals surface area (Å²) >= 11 is 0. The molecule has 2 unspecified atom stereocenters. The quantitative estimate of drug-likeness (QED) is 0.567. The van der Waals surface area contributed by atoms with Crippen LogP contribution in [0.2, 0.25) is 0 Å². The van der Waals surface area contributed by atoms with E-state index in [1.54, 1.807) is 0 Å². The second-order valence-electron chi connectivity index (χ2n) is 10.2. The minimum Gasteiger partial charge on any atom is -0.492 e. The predicted octanol–water partition coefficient (Wildman–Crippen LogP) is 6.29. The van der Waals surface area contributed by atoms with Crippen LogP contribution in [0.3, 0.4) is 0 Å². The van der Waals surface area contributed by atoms with Crippen molar-refractivity contribution in [1.29, 1.82) is 0 Å². The van der Waals surface area contributed by atoms with E-state index in [-0.39, 0.29) is 5.41 Å². The Morgan fingerprint density at radius 3 is 2.27 bits per heavy atom. The molecule has 1 aromatic rings. The van der Waals surface area contributed by atoms with Crippen molar-refractivity contribution in [1.82, 2.24) is 4.90 Å². The number of hydrogen-bond acceptors (Lipinski definition) is 2. The first-order valence-corrected chi connectivity index (χ1v) is 10.6. The highest BCUT2D eigenvalue weighted by atomic mass is 16.5. The van der Waals surface area contributed by atoms with Gasteiger partial charge in [-0.15, -0.1) is 0 Å². The van der Waals surface area contributed by atoms with Crippen molar-refractivity contribution in [3.63, 3.8) is 0 Å². The molecule has 0 bridgehead atoms. The van der Waals surface area contributed by atoms with Gasteiger partial charge in [0.2, 0.25) is 0 Å². The summed E-state index contributed by atoms with van der Waals surface area (Å²) in [6.07, 6.45) is 5.19. The maximum atomic E-state index is 6.05. The third kappa shape index (κ3) is 6.30. The van der Waals surface area contributed by atoms with Crippen LogP contribution in [0.1, 0.15) is 79.7 Å². The van der Waals surface area contributed by atoms with Crippen LogP contribution >= 0.6 is 0 Å². The minimum atomic E-state index is 0.190. The maximum absolute atomic E-state index is 6.05. The van der Waals surface area contributed by atoms with Gasteiger partial charge in [0.25, 0.3) is 0 Å². The zero-order valence-corrected chi connectivity index (χ0v) is 18.3. The summed E-state index contributed by atoms with van der Waals surface area (Å²) in [5.74, 6) is 1.87. The number of rotatable bonds is 7. The SMILES string of the molecule is CCC1CCC(C)N(CCOc2ccc(C(C)(C)CC(C)(C)C)cc2)C1. The van der Waals surface area contributed by atoms with Gasteiger partial charge in [-0.05, 0) is 60.6 Å². The van der Waals surface area contributed by atoms with Crippen molar-refractivity contribution < 1.29 is 4.74 Å². The van der Waals surface area contributed by atoms with E-state index >= 15 is 0 Å². The Morgan fingerprint density at radius 1 is 1.04 bits per heavy atom. The molecule has 0 radical (unpaired) electrons. The van der Waals surface area contributed by atoms with Gasteiger partial charge in [0.05, 0.1) is 0 Å². The average molecular weight is 360 g/mol. The zero-order chi connectivity index (χ0) is 19.4. The summed E-state index contributed by atoms with van der Waals surface area (Å²) in [4.78, 5) is 2.61. The normalized spacial score (nSPS) is 22.4. The van der Waals surface area contributed by atoms with Crippen molar-refractivity contribution in [3.8, 4) is 5.75 Å². The molecule has 0 amide bonds. The first kappa shape index (κ1) is 21.3. The van der Waals surface area contributed by atoms with Gasteiger partial charge >= 0.3 is 0 Å². The molecule has 148 valence electrons. The highest BCUT2D eigenvalue weighted by molar-refractivity contribution is 5.31. The summed E-state index contributed by atoms with van der Waals surface area (Å²) in [5.41, 5.74) is 1.92. The Labute approximate surface area is 162 Å². The van der Waals surface area contributed by atoms with E-state index in [1.807, 2.05) is 0 Å². The van der Waals surface area contributed by atoms with Crippen LogP contribution in [-0.4, -0.2) is 30.6 Å². The van der Waals surface area contributed by atoms with Gasteiger partial charge in [-0.2, -0.15) is 0 Å². The van der Waals surface area contributed by atoms with Gasteiger partial charge in [0, 0.05) is 19.1 Å². The lowest BCUT2D eigenvalue weighted by molar-refractivity contribution is 0.0975. The van der Waals surface area contributed by atoms with E-state index in [2.05, 4.69) is 77.6 Å². The second kappa shape index (κ2) is 8.78. The van der Waals surface area contributed by atoms with E-state index in [1.165, 1.54) is 37.8 Å². The number of ether oxygens (including phenoxy) is 1. The Kier molecular flexibility index (Phi) is 7.19. The van der Waals surface area contributed by atoms with Crippen LogP contribution in [0.25, 0.3) is 0 Å². The van der Waals surface area contributed by atoms with Crippen molar-refractivity contribution in [2.24, 2.45) is 11.3 Å². The summed E-state index contributed by atoms with van der Waals surface area (Å²) in [6.45, 7) is 19.4. The molecular formula is C24H41NO. The van der Waals surface area contributed by atoms with Crippen LogP contribution in [0.5, 0.6) is 5.75 Å². The van der Waals surface area contributed by atoms with Crippen molar-refractivity contribution in [2.45, 2.75) is 85.6 Å². The molecule has 1 saturated heterocycles. The lowest BCUT2D eigenvalue weighted by atomic mass is 9.72. The number of hydrogen-bond donors (Lipinski definition) is 0. The smallest absolute Gasteiger partial charge is 0.119 e. The summed E-state index contributed by atoms with van der Waals surface area (Å²) in [6, 6.07) is 9.49. The molecule has 1 heterocycles. The Hall–Kier alpha value is -1.02. The standard InChI is InChI=1S/C24H41NO/c1-8-20-10-9-19(2)25(17-20)15-16-26-22-13-11-21(12-14-22)24(6,7)18-23(3,4)5/h11-14,19-20H,8-10,15-18H2,1-7H3. The van der Waals surface area contributed by atoms with Gasteiger partial charge in [0.1, 0.15) is 12.4 Å². The lowest BCUT2D eigenvalue weighted by Crippen LogP contribution is -2.43. The predicted molar refractivity (Wildman–Crippen MR) is 113 cm³/mol. The lowest BCUT2D eigenvalue weighted by Gasteiger charge is -2.37. The average Bonchev–Trinajstić information content (AvgIpc) is 2.55. The van der Waals surface area contributed by atoms with Crippen molar-refractivity contribution in [2.75, 3.05) is 19.7 Å². The highest BCUT2D eigenvalue weighted by Gasteiger charge is 2.27. The van der Waals surface area contributed by atoms with Crippen LogP contribution in [0.15, 0.2) is 24.3 Å². The fraction of sp³-hybridized carbons (Fsp3) is 0.750. The third-order valence-corrected chi connectivity index (χ3v) is 5.94. The van der Waals surface area contributed by atoms with Gasteiger partial charge in [-0.25, -0.2) is 0 Å². The van der Waals surface area contributed by atoms with Crippen molar-refractivity contribution in [3.05, 3.63) is 29.8 Å². The molecule has 2 rings (SSSR count). The molecular weight excluding hydrogens is 318 g/mol. The Bertz CT molecular complexity index is 540. The van der Waals surface area contributed by atoms with E-state index < -0.39 is 0 Å². The third-order valence-electron chi connectivity index (χ3n) is 5.94. The minimum absolute atomic E-state index is 0.190. The maximum Gasteiger partial charge on any atom is 0.119 e. The van der Waals surface area contributed by atoms with Crippen LogP contribution in [0.4, 0.5) is 0 Å². The molecule has 0 spiro atoms. The van der Waals surface area contributed by atoms with Gasteiger partial charge in [-0.1, -0.05) is 60.1 Å². The number of likely N-dealkylation sites (tertiary alicyclic amines) is 1. The largest absolute Gasteiger partial charge is 0.492 e. The van der Waals surface area contributed by atoms with Gasteiger partial charge < -0.3 is 4.74 Å². The number of piperidine rings is 1. The Balaban J connectivity index is 1.85. The summed E-state index contributed by atoms with van der Waals surface area (Å²) in [7, 11) is 0. The van der Waals surface area contributed by atoms with Gasteiger partial charge in [0.15, 0.2) is 0 Å². The second-order valence-corrected chi connectivity index (χ2v) is 10.2. The molecule has 1 fully saturated rings. The van der Waals surface area contributed by atoms with Gasteiger partial charge in [-0.3, -0.25) is 4.90 Å². The summed E-state index contributed by atoms with van der Waals surface area (Å²) in [5, 5.41) is 0. The highest BCUT2D eigenvalue weighted by Crippen LogP contribution is 2.36. The molecule has 2 heteroatoms. The van der Waals surface area contributed by atoms with Crippen molar-refractivity contribution >= 4 is 0 Å². The van der Waals surface area contributed by atoms with E-state index in [4.69, 9.17) is 4.74 Å². The summed E-state index contributed by atoms with van der Waals surface area (Å²) < 4.78 is 6.05. The van der Waals surface area contributed by atoms with Crippen LogP contribution in [0, 0.1) is 11.3 Å². The first-order valence-electron chi connectivity index (χ1n) is 10.6. The van der Waals surface area contributed by atoms with Crippen LogP contribution in [-0.2, 0) is 5.41 Å². The fourth-order valence-electron chi connectivity index (χ4n) is 4.62. The molecule has 2 atom stereocenters. The molecule has 0 aliphatic carbocycles. The zero-order valence-electron chi connectivity index (χ0n) is 18.3. The van der Waals surface area contributed by atoms with Crippen LogP contribution < -0.4 is 4.74 Å². The van der Waals surface area contributed by atoms with E-state index in [0.717, 1.165) is 24.8 Å². The number of benzene rings is 1. The topological polar surface area (TPSA) is 12.5 Å². The number of nitrogens with zero attached hydrogens (tertiary/aromatic N) is 1. The Morgan fingerprint density at radius 2 is 1.69 bits per heavy atom. The molecule has 1 aromatic carbocycles. The van der Waals surface area contributed by atoms with E-state index in [9.17, 15) is 0 Å². The molecule has 0 N–H and O–H groups in total. The first-order chi connectivity index (χ1) is 12.1. The molecule has 1 aliphatic heterocycles.